The van der Waals surface area contributed by atoms with Crippen LogP contribution in [-0.4, -0.2) is 19.5 Å². The minimum Gasteiger partial charge on any atom is -0.353 e. The number of halogens is 3. The summed E-state index contributed by atoms with van der Waals surface area (Å²) in [6, 6.07) is 2.08. The van der Waals surface area contributed by atoms with Gasteiger partial charge in [-0.1, -0.05) is 6.07 Å². The van der Waals surface area contributed by atoms with Crippen LogP contribution in [0, 0.1) is 17.5 Å². The summed E-state index contributed by atoms with van der Waals surface area (Å²) in [5.41, 5.74) is 0.0378. The van der Waals surface area contributed by atoms with E-state index in [-0.39, 0.29) is 12.0 Å². The van der Waals surface area contributed by atoms with Gasteiger partial charge in [0.2, 0.25) is 0 Å². The highest BCUT2D eigenvalue weighted by Gasteiger charge is 2.17. The van der Waals surface area contributed by atoms with Gasteiger partial charge in [0.25, 0.3) is 0 Å². The molecule has 0 aliphatic heterocycles. The molecule has 0 heterocycles. The Morgan fingerprint density at radius 2 is 1.59 bits per heavy atom. The highest BCUT2D eigenvalue weighted by atomic mass is 19.2. The number of ether oxygens (including phenoxy) is 2. The van der Waals surface area contributed by atoms with Crippen LogP contribution in [0.2, 0.25) is 0 Å². The molecule has 0 aliphatic carbocycles. The van der Waals surface area contributed by atoms with Gasteiger partial charge < -0.3 is 9.47 Å². The molecule has 0 bridgehead atoms. The molecule has 0 N–H and O–H groups in total. The van der Waals surface area contributed by atoms with E-state index in [2.05, 4.69) is 0 Å². The van der Waals surface area contributed by atoms with Gasteiger partial charge in [-0.25, -0.2) is 13.2 Å². The molecule has 1 aromatic carbocycles. The number of rotatable bonds is 6. The summed E-state index contributed by atoms with van der Waals surface area (Å²) in [6.07, 6.45) is -0.602. The molecule has 0 unspecified atom stereocenters. The van der Waals surface area contributed by atoms with Crippen molar-refractivity contribution in [1.82, 2.24) is 0 Å². The third-order valence-electron chi connectivity index (χ3n) is 2.21. The number of benzene rings is 1. The Hall–Kier alpha value is -1.07. The molecule has 0 spiro atoms. The van der Waals surface area contributed by atoms with Gasteiger partial charge in [0.05, 0.1) is 0 Å². The molecule has 0 atom stereocenters. The van der Waals surface area contributed by atoms with E-state index in [4.69, 9.17) is 9.47 Å². The summed E-state index contributed by atoms with van der Waals surface area (Å²) >= 11 is 0. The van der Waals surface area contributed by atoms with Crippen molar-refractivity contribution >= 4 is 0 Å². The third kappa shape index (κ3) is 3.71. The van der Waals surface area contributed by atoms with Gasteiger partial charge in [-0.3, -0.25) is 0 Å². The standard InChI is InChI=1S/C12H15F3O2/c1-3-16-10(17-4-2)7-8-5-6-9(13)12(15)11(8)14/h5-6,10H,3-4,7H2,1-2H3. The van der Waals surface area contributed by atoms with Crippen LogP contribution in [0.5, 0.6) is 0 Å². The van der Waals surface area contributed by atoms with Crippen LogP contribution in [0.1, 0.15) is 19.4 Å². The highest BCUT2D eigenvalue weighted by molar-refractivity contribution is 5.20. The van der Waals surface area contributed by atoms with Gasteiger partial charge in [-0.15, -0.1) is 0 Å². The molecule has 2 nitrogen and oxygen atoms in total. The topological polar surface area (TPSA) is 18.5 Å². The van der Waals surface area contributed by atoms with Crippen LogP contribution in [0.25, 0.3) is 0 Å². The molecule has 0 saturated heterocycles. The lowest BCUT2D eigenvalue weighted by molar-refractivity contribution is -0.134. The Bertz CT molecular complexity index is 363. The lowest BCUT2D eigenvalue weighted by atomic mass is 10.1. The van der Waals surface area contributed by atoms with Gasteiger partial charge in [0, 0.05) is 19.6 Å². The number of hydrogen-bond acceptors (Lipinski definition) is 2. The van der Waals surface area contributed by atoms with Crippen LogP contribution in [0.3, 0.4) is 0 Å². The summed E-state index contributed by atoms with van der Waals surface area (Å²) in [7, 11) is 0. The Kier molecular flexibility index (Phi) is 5.44. The van der Waals surface area contributed by atoms with Gasteiger partial charge in [-0.2, -0.15) is 0 Å². The molecular weight excluding hydrogens is 233 g/mol. The van der Waals surface area contributed by atoms with E-state index in [0.717, 1.165) is 6.07 Å². The normalized spacial score (nSPS) is 11.2. The molecule has 1 aromatic rings. The predicted octanol–water partition coefficient (Wildman–Crippen LogP) is 3.05. The first-order chi connectivity index (χ1) is 8.10. The van der Waals surface area contributed by atoms with Gasteiger partial charge in [-0.05, 0) is 25.5 Å². The second-order valence-corrected chi connectivity index (χ2v) is 3.38. The minimum atomic E-state index is -1.46. The molecule has 96 valence electrons. The average Bonchev–Trinajstić information content (AvgIpc) is 2.30. The lowest BCUT2D eigenvalue weighted by Crippen LogP contribution is -2.21. The Balaban J connectivity index is 2.82. The molecule has 1 rings (SSSR count). The van der Waals surface area contributed by atoms with Crippen molar-refractivity contribution in [2.45, 2.75) is 26.6 Å². The van der Waals surface area contributed by atoms with E-state index in [1.54, 1.807) is 13.8 Å². The smallest absolute Gasteiger partial charge is 0.194 e. The number of hydrogen-bond donors (Lipinski definition) is 0. The zero-order chi connectivity index (χ0) is 12.8. The molecule has 5 heteroatoms. The lowest BCUT2D eigenvalue weighted by Gasteiger charge is -2.17. The SMILES string of the molecule is CCOC(Cc1ccc(F)c(F)c1F)OCC. The molecular formula is C12H15F3O2. The van der Waals surface area contributed by atoms with E-state index in [1.807, 2.05) is 0 Å². The fourth-order valence-corrected chi connectivity index (χ4v) is 1.44. The summed E-state index contributed by atoms with van der Waals surface area (Å²) in [5, 5.41) is 0. The maximum atomic E-state index is 13.4. The molecule has 0 saturated carbocycles. The fraction of sp³-hybridized carbons (Fsp3) is 0.500. The van der Waals surface area contributed by atoms with E-state index < -0.39 is 23.7 Å². The fourth-order valence-electron chi connectivity index (χ4n) is 1.44. The molecule has 0 aromatic heterocycles. The van der Waals surface area contributed by atoms with Crippen LogP contribution in [0.15, 0.2) is 12.1 Å². The van der Waals surface area contributed by atoms with Crippen molar-refractivity contribution in [1.29, 1.82) is 0 Å². The molecule has 0 aliphatic rings. The molecule has 0 amide bonds. The van der Waals surface area contributed by atoms with Gasteiger partial charge in [0.1, 0.15) is 0 Å². The average molecular weight is 248 g/mol. The molecule has 0 fully saturated rings. The van der Waals surface area contributed by atoms with E-state index in [9.17, 15) is 13.2 Å². The van der Waals surface area contributed by atoms with Gasteiger partial charge >= 0.3 is 0 Å². The summed E-state index contributed by atoms with van der Waals surface area (Å²) in [6.45, 7) is 4.34. The van der Waals surface area contributed by atoms with Crippen molar-refractivity contribution in [2.75, 3.05) is 13.2 Å². The zero-order valence-corrected chi connectivity index (χ0v) is 9.80. The monoisotopic (exact) mass is 248 g/mol. The van der Waals surface area contributed by atoms with E-state index in [0.29, 0.717) is 13.2 Å². The maximum absolute atomic E-state index is 13.4. The largest absolute Gasteiger partial charge is 0.353 e. The summed E-state index contributed by atoms with van der Waals surface area (Å²) < 4.78 is 49.5. The van der Waals surface area contributed by atoms with Gasteiger partial charge in [0.15, 0.2) is 23.7 Å². The maximum Gasteiger partial charge on any atom is 0.194 e. The van der Waals surface area contributed by atoms with Crippen LogP contribution < -0.4 is 0 Å². The first kappa shape index (κ1) is 14.0. The van der Waals surface area contributed by atoms with Crippen molar-refractivity contribution in [3.8, 4) is 0 Å². The first-order valence-corrected chi connectivity index (χ1v) is 5.45. The van der Waals surface area contributed by atoms with Crippen LogP contribution >= 0.6 is 0 Å². The van der Waals surface area contributed by atoms with Crippen molar-refractivity contribution in [3.05, 3.63) is 35.1 Å². The Morgan fingerprint density at radius 1 is 1.00 bits per heavy atom. The zero-order valence-electron chi connectivity index (χ0n) is 9.80. The molecule has 0 radical (unpaired) electrons. The summed E-state index contributed by atoms with van der Waals surface area (Å²) in [4.78, 5) is 0. The first-order valence-electron chi connectivity index (χ1n) is 5.45. The second-order valence-electron chi connectivity index (χ2n) is 3.38. The van der Waals surface area contributed by atoms with Crippen molar-refractivity contribution < 1.29 is 22.6 Å². The molecule has 17 heavy (non-hydrogen) atoms. The predicted molar refractivity (Wildman–Crippen MR) is 57.1 cm³/mol. The van der Waals surface area contributed by atoms with E-state index in [1.165, 1.54) is 6.07 Å². The van der Waals surface area contributed by atoms with Crippen LogP contribution in [-0.2, 0) is 15.9 Å². The highest BCUT2D eigenvalue weighted by Crippen LogP contribution is 2.17. The summed E-state index contributed by atoms with van der Waals surface area (Å²) in [5.74, 6) is -3.85. The van der Waals surface area contributed by atoms with E-state index >= 15 is 0 Å². The van der Waals surface area contributed by atoms with Crippen molar-refractivity contribution in [3.63, 3.8) is 0 Å². The quantitative estimate of drug-likeness (QED) is 0.569. The Labute approximate surface area is 98.3 Å². The third-order valence-corrected chi connectivity index (χ3v) is 2.21. The van der Waals surface area contributed by atoms with Crippen molar-refractivity contribution in [2.24, 2.45) is 0 Å². The van der Waals surface area contributed by atoms with Crippen LogP contribution in [0.4, 0.5) is 13.2 Å². The Morgan fingerprint density at radius 3 is 2.12 bits per heavy atom. The minimum absolute atomic E-state index is 0.0378. The second kappa shape index (κ2) is 6.61.